The molecule has 0 atom stereocenters. The van der Waals surface area contributed by atoms with Gasteiger partial charge in [0.1, 0.15) is 5.75 Å². The second-order valence-electron chi connectivity index (χ2n) is 6.36. The van der Waals surface area contributed by atoms with Gasteiger partial charge in [0, 0.05) is 6.54 Å². The number of nitrogens with zero attached hydrogens (tertiary/aromatic N) is 1. The Morgan fingerprint density at radius 1 is 1.00 bits per heavy atom. The summed E-state index contributed by atoms with van der Waals surface area (Å²) in [4.78, 5) is 2.66. The fourth-order valence-corrected chi connectivity index (χ4v) is 3.62. The van der Waals surface area contributed by atoms with Crippen LogP contribution in [-0.2, 0) is 0 Å². The normalized spacial score (nSPS) is 23.0. The van der Waals surface area contributed by atoms with Crippen molar-refractivity contribution in [2.24, 2.45) is 5.92 Å². The van der Waals surface area contributed by atoms with Crippen LogP contribution < -0.4 is 5.32 Å². The predicted molar refractivity (Wildman–Crippen MR) is 82.1 cm³/mol. The Morgan fingerprint density at radius 2 is 1.65 bits per heavy atom. The molecule has 2 heterocycles. The van der Waals surface area contributed by atoms with Crippen LogP contribution in [0.4, 0.5) is 0 Å². The van der Waals surface area contributed by atoms with Gasteiger partial charge in [0.25, 0.3) is 0 Å². The summed E-state index contributed by atoms with van der Waals surface area (Å²) in [5.41, 5.74) is 1.39. The van der Waals surface area contributed by atoms with Crippen LogP contribution in [0, 0.1) is 5.92 Å². The predicted octanol–water partition coefficient (Wildman–Crippen LogP) is 2.57. The Balaban J connectivity index is 1.47. The maximum Gasteiger partial charge on any atom is 0.115 e. The minimum absolute atomic E-state index is 0.372. The number of nitrogens with one attached hydrogen (secondary N) is 1. The number of phenols is 1. The number of phenolic OH excluding ortho intramolecular Hbond substituents is 1. The summed E-state index contributed by atoms with van der Waals surface area (Å²) in [5.74, 6) is 1.96. The highest BCUT2D eigenvalue weighted by molar-refractivity contribution is 5.28. The smallest absolute Gasteiger partial charge is 0.115 e. The van der Waals surface area contributed by atoms with Gasteiger partial charge in [0.2, 0.25) is 0 Å². The number of piperidine rings is 2. The summed E-state index contributed by atoms with van der Waals surface area (Å²) in [6.45, 7) is 6.16. The van der Waals surface area contributed by atoms with Gasteiger partial charge in [-0.1, -0.05) is 12.1 Å². The topological polar surface area (TPSA) is 35.5 Å². The van der Waals surface area contributed by atoms with Crippen molar-refractivity contribution in [2.75, 3.05) is 32.7 Å². The molecule has 0 radical (unpaired) electrons. The van der Waals surface area contributed by atoms with Crippen LogP contribution in [0.1, 0.15) is 37.2 Å². The van der Waals surface area contributed by atoms with Gasteiger partial charge in [-0.15, -0.1) is 0 Å². The lowest BCUT2D eigenvalue weighted by atomic mass is 9.88. The number of hydrogen-bond acceptors (Lipinski definition) is 3. The minimum atomic E-state index is 0.372. The molecule has 0 aliphatic carbocycles. The van der Waals surface area contributed by atoms with Gasteiger partial charge in [-0.3, -0.25) is 0 Å². The van der Waals surface area contributed by atoms with Crippen LogP contribution in [0.5, 0.6) is 5.75 Å². The Hall–Kier alpha value is -1.06. The Labute approximate surface area is 122 Å². The fraction of sp³-hybridized carbons (Fsp3) is 0.647. The van der Waals surface area contributed by atoms with E-state index >= 15 is 0 Å². The highest BCUT2D eigenvalue weighted by atomic mass is 16.3. The molecule has 110 valence electrons. The maximum absolute atomic E-state index is 9.37. The lowest BCUT2D eigenvalue weighted by Gasteiger charge is -2.35. The zero-order chi connectivity index (χ0) is 13.8. The molecule has 3 nitrogen and oxygen atoms in total. The zero-order valence-electron chi connectivity index (χ0n) is 12.2. The highest BCUT2D eigenvalue weighted by Crippen LogP contribution is 2.29. The van der Waals surface area contributed by atoms with Gasteiger partial charge in [-0.25, -0.2) is 0 Å². The second kappa shape index (κ2) is 6.59. The van der Waals surface area contributed by atoms with E-state index in [-0.39, 0.29) is 0 Å². The van der Waals surface area contributed by atoms with Gasteiger partial charge in [0.05, 0.1) is 0 Å². The molecule has 0 bridgehead atoms. The van der Waals surface area contributed by atoms with Gasteiger partial charge < -0.3 is 15.3 Å². The minimum Gasteiger partial charge on any atom is -0.508 e. The molecule has 3 rings (SSSR count). The molecule has 0 amide bonds. The summed E-state index contributed by atoms with van der Waals surface area (Å²) in [5, 5.41) is 12.8. The standard InChI is InChI=1S/C17H26N2O/c20-17-3-1-15(2-4-17)16-7-11-19(12-8-16)13-14-5-9-18-10-6-14/h1-4,14,16,18,20H,5-13H2. The van der Waals surface area contributed by atoms with E-state index in [1.54, 1.807) is 0 Å². The third-order valence-corrected chi connectivity index (χ3v) is 4.93. The van der Waals surface area contributed by atoms with Crippen molar-refractivity contribution >= 4 is 0 Å². The first-order valence-electron chi connectivity index (χ1n) is 8.03. The zero-order valence-corrected chi connectivity index (χ0v) is 12.2. The molecule has 2 aliphatic rings. The molecule has 2 N–H and O–H groups in total. The van der Waals surface area contributed by atoms with Crippen LogP contribution >= 0.6 is 0 Å². The molecule has 2 fully saturated rings. The van der Waals surface area contributed by atoms with Gasteiger partial charge in [-0.2, -0.15) is 0 Å². The molecule has 0 saturated carbocycles. The van der Waals surface area contributed by atoms with E-state index in [1.807, 2.05) is 12.1 Å². The largest absolute Gasteiger partial charge is 0.508 e. The number of likely N-dealkylation sites (tertiary alicyclic amines) is 1. The summed E-state index contributed by atoms with van der Waals surface area (Å²) < 4.78 is 0. The SMILES string of the molecule is Oc1ccc(C2CCN(CC3CCNCC3)CC2)cc1. The molecule has 2 aliphatic heterocycles. The molecule has 2 saturated heterocycles. The number of aromatic hydroxyl groups is 1. The Morgan fingerprint density at radius 3 is 2.30 bits per heavy atom. The third kappa shape index (κ3) is 3.53. The first-order valence-corrected chi connectivity index (χ1v) is 8.03. The lowest BCUT2D eigenvalue weighted by molar-refractivity contribution is 0.167. The van der Waals surface area contributed by atoms with Gasteiger partial charge in [-0.05, 0) is 81.4 Å². The summed E-state index contributed by atoms with van der Waals surface area (Å²) in [6.07, 6.45) is 5.21. The van der Waals surface area contributed by atoms with Crippen LogP contribution in [-0.4, -0.2) is 42.7 Å². The molecule has 0 spiro atoms. The van der Waals surface area contributed by atoms with Crippen LogP contribution in [0.3, 0.4) is 0 Å². The van der Waals surface area contributed by atoms with E-state index < -0.39 is 0 Å². The summed E-state index contributed by atoms with van der Waals surface area (Å²) in [7, 11) is 0. The average Bonchev–Trinajstić information content (AvgIpc) is 2.50. The van der Waals surface area contributed by atoms with Crippen molar-refractivity contribution in [1.82, 2.24) is 10.2 Å². The molecule has 0 aromatic heterocycles. The summed E-state index contributed by atoms with van der Waals surface area (Å²) in [6, 6.07) is 7.80. The Bertz CT molecular complexity index is 404. The summed E-state index contributed by atoms with van der Waals surface area (Å²) >= 11 is 0. The first kappa shape index (κ1) is 13.9. The van der Waals surface area contributed by atoms with E-state index in [2.05, 4.69) is 22.3 Å². The van der Waals surface area contributed by atoms with Crippen molar-refractivity contribution in [3.05, 3.63) is 29.8 Å². The monoisotopic (exact) mass is 274 g/mol. The van der Waals surface area contributed by atoms with Gasteiger partial charge >= 0.3 is 0 Å². The third-order valence-electron chi connectivity index (χ3n) is 4.93. The Kier molecular flexibility index (Phi) is 4.58. The molecule has 1 aromatic rings. The van der Waals surface area contributed by atoms with E-state index in [9.17, 15) is 5.11 Å². The van der Waals surface area contributed by atoms with Crippen molar-refractivity contribution < 1.29 is 5.11 Å². The molecule has 20 heavy (non-hydrogen) atoms. The molecule has 3 heteroatoms. The first-order chi connectivity index (χ1) is 9.81. The lowest BCUT2D eigenvalue weighted by Crippen LogP contribution is -2.39. The second-order valence-corrected chi connectivity index (χ2v) is 6.36. The van der Waals surface area contributed by atoms with Gasteiger partial charge in [0.15, 0.2) is 0 Å². The fourth-order valence-electron chi connectivity index (χ4n) is 3.62. The van der Waals surface area contributed by atoms with Crippen molar-refractivity contribution in [3.8, 4) is 5.75 Å². The van der Waals surface area contributed by atoms with E-state index in [0.29, 0.717) is 11.7 Å². The molecular formula is C17H26N2O. The van der Waals surface area contributed by atoms with Crippen molar-refractivity contribution in [1.29, 1.82) is 0 Å². The maximum atomic E-state index is 9.37. The quantitative estimate of drug-likeness (QED) is 0.889. The molecular weight excluding hydrogens is 248 g/mol. The van der Waals surface area contributed by atoms with E-state index in [0.717, 1.165) is 5.92 Å². The van der Waals surface area contributed by atoms with E-state index in [1.165, 1.54) is 64.0 Å². The van der Waals surface area contributed by atoms with Crippen LogP contribution in [0.25, 0.3) is 0 Å². The average molecular weight is 274 g/mol. The van der Waals surface area contributed by atoms with Crippen LogP contribution in [0.2, 0.25) is 0 Å². The highest BCUT2D eigenvalue weighted by Gasteiger charge is 2.23. The molecule has 0 unspecified atom stereocenters. The molecule has 1 aromatic carbocycles. The van der Waals surface area contributed by atoms with Crippen molar-refractivity contribution in [2.45, 2.75) is 31.6 Å². The number of hydrogen-bond donors (Lipinski definition) is 2. The van der Waals surface area contributed by atoms with E-state index in [4.69, 9.17) is 0 Å². The van der Waals surface area contributed by atoms with Crippen molar-refractivity contribution in [3.63, 3.8) is 0 Å². The van der Waals surface area contributed by atoms with Crippen LogP contribution in [0.15, 0.2) is 24.3 Å². The number of benzene rings is 1. The number of rotatable bonds is 3.